The van der Waals surface area contributed by atoms with Gasteiger partial charge in [-0.05, 0) is 60.4 Å². The zero-order valence-electron chi connectivity index (χ0n) is 16.1. The zero-order chi connectivity index (χ0) is 19.8. The fourth-order valence-electron chi connectivity index (χ4n) is 4.15. The number of halogens is 1. The molecule has 3 atom stereocenters. The van der Waals surface area contributed by atoms with E-state index in [9.17, 15) is 9.59 Å². The van der Waals surface area contributed by atoms with Crippen LogP contribution in [0, 0.1) is 5.92 Å². The number of pyridine rings is 2. The smallest absolute Gasteiger partial charge is 0.270 e. The van der Waals surface area contributed by atoms with Gasteiger partial charge in [-0.25, -0.2) is 4.98 Å². The minimum absolute atomic E-state index is 0.0187. The second-order valence-corrected chi connectivity index (χ2v) is 8.68. The molecule has 0 unspecified atom stereocenters. The van der Waals surface area contributed by atoms with E-state index in [1.165, 1.54) is 0 Å². The minimum Gasteiger partial charge on any atom is -0.346 e. The van der Waals surface area contributed by atoms with Gasteiger partial charge in [0, 0.05) is 30.9 Å². The summed E-state index contributed by atoms with van der Waals surface area (Å²) >= 11 is 3.43. The molecule has 0 radical (unpaired) electrons. The van der Waals surface area contributed by atoms with Gasteiger partial charge in [-0.3, -0.25) is 19.5 Å². The van der Waals surface area contributed by atoms with E-state index in [4.69, 9.17) is 0 Å². The second-order valence-electron chi connectivity index (χ2n) is 7.83. The van der Waals surface area contributed by atoms with Crippen molar-refractivity contribution in [3.05, 3.63) is 34.7 Å². The fourth-order valence-corrected chi connectivity index (χ4v) is 4.58. The number of hydrogen-bond donors (Lipinski definition) is 1. The van der Waals surface area contributed by atoms with Crippen molar-refractivity contribution in [3.8, 4) is 0 Å². The molecule has 2 aliphatic rings. The summed E-state index contributed by atoms with van der Waals surface area (Å²) < 4.78 is 0.756. The molecule has 8 heteroatoms. The normalized spacial score (nSPS) is 25.4. The first-order valence-electron chi connectivity index (χ1n) is 9.64. The van der Waals surface area contributed by atoms with E-state index in [1.807, 2.05) is 18.0 Å². The van der Waals surface area contributed by atoms with E-state index in [-0.39, 0.29) is 29.8 Å². The molecule has 2 aromatic rings. The Balaban J connectivity index is 1.44. The number of nitrogens with one attached hydrogen (secondary N) is 1. The molecule has 1 N–H and O–H groups in total. The van der Waals surface area contributed by atoms with Crippen LogP contribution in [0.3, 0.4) is 0 Å². The molecule has 4 rings (SSSR count). The minimum atomic E-state index is -0.213. The van der Waals surface area contributed by atoms with E-state index in [0.717, 1.165) is 29.2 Å². The summed E-state index contributed by atoms with van der Waals surface area (Å²) in [6.45, 7) is 4.28. The van der Waals surface area contributed by atoms with Gasteiger partial charge in [-0.15, -0.1) is 0 Å². The van der Waals surface area contributed by atoms with Crippen LogP contribution in [0.25, 0.3) is 10.9 Å². The summed E-state index contributed by atoms with van der Waals surface area (Å²) in [6.07, 6.45) is 5.37. The second kappa shape index (κ2) is 7.75. The Hall–Kier alpha value is -2.06. The van der Waals surface area contributed by atoms with Crippen molar-refractivity contribution >= 4 is 38.6 Å². The van der Waals surface area contributed by atoms with Crippen molar-refractivity contribution in [2.24, 2.45) is 5.92 Å². The van der Waals surface area contributed by atoms with E-state index in [2.05, 4.69) is 43.0 Å². The lowest BCUT2D eigenvalue weighted by Crippen LogP contribution is -2.45. The number of likely N-dealkylation sites (tertiary alicyclic amines) is 2. The number of nitrogens with zero attached hydrogens (tertiary/aromatic N) is 4. The lowest BCUT2D eigenvalue weighted by Gasteiger charge is -2.25. The first-order chi connectivity index (χ1) is 13.4. The fraction of sp³-hybridized carbons (Fsp3) is 0.500. The highest BCUT2D eigenvalue weighted by Crippen LogP contribution is 2.24. The van der Waals surface area contributed by atoms with E-state index < -0.39 is 0 Å². The van der Waals surface area contributed by atoms with E-state index in [0.29, 0.717) is 24.3 Å². The molecule has 0 spiro atoms. The maximum Gasteiger partial charge on any atom is 0.270 e. The first kappa shape index (κ1) is 19.3. The summed E-state index contributed by atoms with van der Waals surface area (Å²) in [4.78, 5) is 38.2. The third-order valence-corrected chi connectivity index (χ3v) is 6.41. The van der Waals surface area contributed by atoms with Crippen LogP contribution >= 0.6 is 15.9 Å². The number of fused-ring (bicyclic) bond motifs is 1. The third-order valence-electron chi connectivity index (χ3n) is 5.83. The molecular weight excluding hydrogens is 422 g/mol. The number of amides is 2. The van der Waals surface area contributed by atoms with Gasteiger partial charge >= 0.3 is 0 Å². The number of hydrogen-bond acceptors (Lipinski definition) is 5. The predicted octanol–water partition coefficient (Wildman–Crippen LogP) is 2.06. The number of rotatable bonds is 3. The van der Waals surface area contributed by atoms with Crippen LogP contribution in [0.2, 0.25) is 0 Å². The number of likely N-dealkylation sites (N-methyl/N-ethyl adjacent to an activating group) is 1. The number of carbonyl (C=O) groups is 2. The molecule has 7 nitrogen and oxygen atoms in total. The number of aromatic nitrogens is 2. The van der Waals surface area contributed by atoms with Crippen LogP contribution in [0.4, 0.5) is 0 Å². The Labute approximate surface area is 172 Å². The van der Waals surface area contributed by atoms with Gasteiger partial charge < -0.3 is 10.2 Å². The van der Waals surface area contributed by atoms with Gasteiger partial charge in [-0.1, -0.05) is 6.92 Å². The Kier molecular flexibility index (Phi) is 5.33. The molecule has 0 saturated carbocycles. The molecule has 2 aliphatic heterocycles. The van der Waals surface area contributed by atoms with Crippen molar-refractivity contribution in [2.45, 2.75) is 31.8 Å². The van der Waals surface area contributed by atoms with Crippen molar-refractivity contribution in [1.82, 2.24) is 25.1 Å². The van der Waals surface area contributed by atoms with E-state index in [1.54, 1.807) is 18.5 Å². The van der Waals surface area contributed by atoms with Gasteiger partial charge in [0.2, 0.25) is 5.91 Å². The van der Waals surface area contributed by atoms with Gasteiger partial charge in [0.05, 0.1) is 22.1 Å². The molecule has 4 heterocycles. The Bertz CT molecular complexity index is 921. The highest BCUT2D eigenvalue weighted by Gasteiger charge is 2.38. The Morgan fingerprint density at radius 1 is 1.25 bits per heavy atom. The zero-order valence-corrected chi connectivity index (χ0v) is 17.6. The Morgan fingerprint density at radius 2 is 2.07 bits per heavy atom. The molecule has 2 aromatic heterocycles. The standard InChI is InChI=1S/C20H24BrN5O2/c1-12-10-26(20(28)17-4-3-7-25(17)2)11-16(12)24-19(27)15-6-5-13-8-22-9-14(21)18(13)23-15/h5-6,8-9,12,16-17H,3-4,7,10-11H2,1-2H3,(H,24,27)/t12-,16+,17+/m1/s1. The monoisotopic (exact) mass is 445 g/mol. The van der Waals surface area contributed by atoms with Crippen LogP contribution in [-0.2, 0) is 4.79 Å². The molecule has 28 heavy (non-hydrogen) atoms. The number of carbonyl (C=O) groups excluding carboxylic acids is 2. The lowest BCUT2D eigenvalue weighted by atomic mass is 10.1. The molecule has 0 bridgehead atoms. The van der Waals surface area contributed by atoms with Gasteiger partial charge in [0.15, 0.2) is 0 Å². The topological polar surface area (TPSA) is 78.4 Å². The summed E-state index contributed by atoms with van der Waals surface area (Å²) in [5.74, 6) is 0.176. The highest BCUT2D eigenvalue weighted by atomic mass is 79.9. The summed E-state index contributed by atoms with van der Waals surface area (Å²) in [5, 5.41) is 3.95. The molecule has 148 valence electrons. The maximum absolute atomic E-state index is 12.8. The van der Waals surface area contributed by atoms with Crippen LogP contribution in [0.1, 0.15) is 30.3 Å². The van der Waals surface area contributed by atoms with Crippen LogP contribution < -0.4 is 5.32 Å². The molecule has 0 aliphatic carbocycles. The van der Waals surface area contributed by atoms with Gasteiger partial charge in [0.25, 0.3) is 5.91 Å². The van der Waals surface area contributed by atoms with Crippen molar-refractivity contribution in [2.75, 3.05) is 26.7 Å². The molecule has 2 amide bonds. The first-order valence-corrected chi connectivity index (χ1v) is 10.4. The van der Waals surface area contributed by atoms with Crippen molar-refractivity contribution in [1.29, 1.82) is 0 Å². The molecule has 2 saturated heterocycles. The molecular formula is C20H24BrN5O2. The molecule has 0 aromatic carbocycles. The lowest BCUT2D eigenvalue weighted by molar-refractivity contribution is -0.134. The van der Waals surface area contributed by atoms with E-state index >= 15 is 0 Å². The van der Waals surface area contributed by atoms with Crippen molar-refractivity contribution < 1.29 is 9.59 Å². The van der Waals surface area contributed by atoms with Crippen LogP contribution in [0.5, 0.6) is 0 Å². The third kappa shape index (κ3) is 3.63. The highest BCUT2D eigenvalue weighted by molar-refractivity contribution is 9.10. The van der Waals surface area contributed by atoms with Gasteiger partial charge in [0.1, 0.15) is 5.69 Å². The average molecular weight is 446 g/mol. The van der Waals surface area contributed by atoms with Crippen LogP contribution in [0.15, 0.2) is 29.0 Å². The van der Waals surface area contributed by atoms with Gasteiger partial charge in [-0.2, -0.15) is 0 Å². The quantitative estimate of drug-likeness (QED) is 0.781. The summed E-state index contributed by atoms with van der Waals surface area (Å²) in [7, 11) is 2.01. The predicted molar refractivity (Wildman–Crippen MR) is 110 cm³/mol. The average Bonchev–Trinajstić information content (AvgIpc) is 3.27. The Morgan fingerprint density at radius 3 is 2.82 bits per heavy atom. The summed E-state index contributed by atoms with van der Waals surface area (Å²) in [6, 6.07) is 3.47. The largest absolute Gasteiger partial charge is 0.346 e. The maximum atomic E-state index is 12.8. The van der Waals surface area contributed by atoms with Crippen LogP contribution in [-0.4, -0.2) is 70.3 Å². The SMILES string of the molecule is C[C@@H]1CN(C(=O)[C@@H]2CCCN2C)C[C@@H]1NC(=O)c1ccc2cncc(Br)c2n1. The molecule has 2 fully saturated rings. The summed E-state index contributed by atoms with van der Waals surface area (Å²) in [5.41, 5.74) is 1.08. The van der Waals surface area contributed by atoms with Crippen molar-refractivity contribution in [3.63, 3.8) is 0 Å².